The van der Waals surface area contributed by atoms with Crippen molar-refractivity contribution in [3.05, 3.63) is 0 Å². The van der Waals surface area contributed by atoms with Gasteiger partial charge in [0.25, 0.3) is 0 Å². The van der Waals surface area contributed by atoms with Crippen molar-refractivity contribution in [1.82, 2.24) is 0 Å². The molecule has 3 nitrogen and oxygen atoms in total. The van der Waals surface area contributed by atoms with Gasteiger partial charge in [-0.25, -0.2) is 0 Å². The maximum absolute atomic E-state index is 10.2. The van der Waals surface area contributed by atoms with E-state index >= 15 is 0 Å². The van der Waals surface area contributed by atoms with Crippen LogP contribution >= 0.6 is 11.6 Å². The molecule has 0 fully saturated rings. The van der Waals surface area contributed by atoms with E-state index in [0.717, 1.165) is 0 Å². The van der Waals surface area contributed by atoms with Gasteiger partial charge in [0.1, 0.15) is 11.2 Å². The zero-order valence-corrected chi connectivity index (χ0v) is 6.72. The Kier molecular flexibility index (Phi) is 2.83. The van der Waals surface area contributed by atoms with Crippen molar-refractivity contribution in [2.24, 2.45) is 0 Å². The molecule has 2 N–H and O–H groups in total. The quantitative estimate of drug-likeness (QED) is 0.456. The van der Waals surface area contributed by atoms with Crippen molar-refractivity contribution in [1.29, 1.82) is 0 Å². The number of aldehydes is 1. The number of hydrogen-bond donors (Lipinski definition) is 2. The summed E-state index contributed by atoms with van der Waals surface area (Å²) in [5.41, 5.74) is -3.33. The first-order chi connectivity index (χ1) is 4.37. The average molecular weight is 167 g/mol. The van der Waals surface area contributed by atoms with Crippen molar-refractivity contribution in [3.63, 3.8) is 0 Å². The molecular formula is C6H11ClO3. The molecule has 0 saturated carbocycles. The van der Waals surface area contributed by atoms with Gasteiger partial charge in [0.2, 0.25) is 0 Å². The molecule has 0 aromatic carbocycles. The Labute approximate surface area is 64.6 Å². The van der Waals surface area contributed by atoms with Crippen LogP contribution in [0.5, 0.6) is 0 Å². The van der Waals surface area contributed by atoms with Crippen LogP contribution in [0.2, 0.25) is 0 Å². The molecule has 2 unspecified atom stereocenters. The summed E-state index contributed by atoms with van der Waals surface area (Å²) in [6, 6.07) is 0. The van der Waals surface area contributed by atoms with Gasteiger partial charge in [0.05, 0.1) is 5.88 Å². The van der Waals surface area contributed by atoms with E-state index in [1.165, 1.54) is 13.8 Å². The van der Waals surface area contributed by atoms with Gasteiger partial charge in [-0.3, -0.25) is 0 Å². The lowest BCUT2D eigenvalue weighted by Gasteiger charge is -2.31. The second-order valence-corrected chi connectivity index (χ2v) is 2.94. The highest BCUT2D eigenvalue weighted by molar-refractivity contribution is 6.18. The topological polar surface area (TPSA) is 57.5 Å². The Morgan fingerprint density at radius 1 is 1.50 bits per heavy atom. The molecule has 0 aliphatic carbocycles. The second-order valence-electron chi connectivity index (χ2n) is 2.67. The summed E-state index contributed by atoms with van der Waals surface area (Å²) in [6.07, 6.45) is 0.273. The van der Waals surface area contributed by atoms with Crippen LogP contribution in [0.15, 0.2) is 0 Å². The van der Waals surface area contributed by atoms with Crippen LogP contribution in [0, 0.1) is 0 Å². The zero-order valence-electron chi connectivity index (χ0n) is 5.97. The monoisotopic (exact) mass is 166 g/mol. The molecule has 0 radical (unpaired) electrons. The highest BCUT2D eigenvalue weighted by Crippen LogP contribution is 2.20. The van der Waals surface area contributed by atoms with Gasteiger partial charge in [0.15, 0.2) is 6.29 Å². The van der Waals surface area contributed by atoms with Crippen molar-refractivity contribution >= 4 is 17.9 Å². The first kappa shape index (κ1) is 9.88. The largest absolute Gasteiger partial charge is 0.385 e. The average Bonchev–Trinajstić information content (AvgIpc) is 1.88. The van der Waals surface area contributed by atoms with Crippen LogP contribution in [-0.2, 0) is 4.79 Å². The van der Waals surface area contributed by atoms with Gasteiger partial charge >= 0.3 is 0 Å². The number of carbonyl (C=O) groups excluding carboxylic acids is 1. The van der Waals surface area contributed by atoms with Crippen LogP contribution in [0.3, 0.4) is 0 Å². The van der Waals surface area contributed by atoms with E-state index in [9.17, 15) is 9.90 Å². The van der Waals surface area contributed by atoms with Crippen molar-refractivity contribution in [2.75, 3.05) is 5.88 Å². The van der Waals surface area contributed by atoms with Crippen LogP contribution in [0.4, 0.5) is 0 Å². The molecule has 0 aliphatic heterocycles. The molecule has 4 heteroatoms. The number of halogens is 1. The summed E-state index contributed by atoms with van der Waals surface area (Å²) in [6.45, 7) is 2.51. The summed E-state index contributed by atoms with van der Waals surface area (Å²) in [5.74, 6) is -0.182. The third-order valence-corrected chi connectivity index (χ3v) is 2.10. The zero-order chi connectivity index (χ0) is 8.41. The predicted octanol–water partition coefficient (Wildman–Crippen LogP) is -0.0739. The van der Waals surface area contributed by atoms with Crippen molar-refractivity contribution in [3.8, 4) is 0 Å². The highest BCUT2D eigenvalue weighted by atomic mass is 35.5. The standard InChI is InChI=1S/C6H11ClO3/c1-5(9,3-7)6(2,10)4-8/h4,9-10H,3H2,1-2H3. The maximum atomic E-state index is 10.2. The fourth-order valence-corrected chi connectivity index (χ4v) is 0.533. The number of aliphatic hydroxyl groups is 2. The molecule has 0 aliphatic rings. The number of alkyl halides is 1. The lowest BCUT2D eigenvalue weighted by molar-refractivity contribution is -0.147. The SMILES string of the molecule is CC(O)(C=O)C(C)(O)CCl. The van der Waals surface area contributed by atoms with Gasteiger partial charge in [-0.05, 0) is 13.8 Å². The van der Waals surface area contributed by atoms with E-state index in [-0.39, 0.29) is 12.2 Å². The fourth-order valence-electron chi connectivity index (χ4n) is 0.262. The van der Waals surface area contributed by atoms with Gasteiger partial charge in [-0.1, -0.05) is 0 Å². The summed E-state index contributed by atoms with van der Waals surface area (Å²) in [7, 11) is 0. The van der Waals surface area contributed by atoms with E-state index in [0.29, 0.717) is 0 Å². The Hall–Kier alpha value is -0.120. The molecule has 0 aromatic heterocycles. The molecular weight excluding hydrogens is 156 g/mol. The van der Waals surface area contributed by atoms with Crippen LogP contribution < -0.4 is 0 Å². The van der Waals surface area contributed by atoms with Gasteiger partial charge in [-0.2, -0.15) is 0 Å². The summed E-state index contributed by atoms with van der Waals surface area (Å²) < 4.78 is 0. The molecule has 10 heavy (non-hydrogen) atoms. The van der Waals surface area contributed by atoms with Gasteiger partial charge in [-0.15, -0.1) is 11.6 Å². The molecule has 2 atom stereocenters. The van der Waals surface area contributed by atoms with Crippen molar-refractivity contribution < 1.29 is 15.0 Å². The van der Waals surface area contributed by atoms with E-state index in [4.69, 9.17) is 16.7 Å². The van der Waals surface area contributed by atoms with Gasteiger partial charge < -0.3 is 15.0 Å². The van der Waals surface area contributed by atoms with Crippen LogP contribution in [0.1, 0.15) is 13.8 Å². The predicted molar refractivity (Wildman–Crippen MR) is 38.0 cm³/mol. The van der Waals surface area contributed by atoms with E-state index in [1.54, 1.807) is 0 Å². The molecule has 0 bridgehead atoms. The normalized spacial score (nSPS) is 22.9. The van der Waals surface area contributed by atoms with Gasteiger partial charge in [0, 0.05) is 0 Å². The number of carbonyl (C=O) groups is 1. The first-order valence-electron chi connectivity index (χ1n) is 2.84. The molecule has 0 rings (SSSR count). The minimum absolute atomic E-state index is 0.182. The first-order valence-corrected chi connectivity index (χ1v) is 3.38. The fraction of sp³-hybridized carbons (Fsp3) is 0.833. The van der Waals surface area contributed by atoms with Crippen molar-refractivity contribution in [2.45, 2.75) is 25.0 Å². The molecule has 0 heterocycles. The Morgan fingerprint density at radius 3 is 2.00 bits per heavy atom. The molecule has 60 valence electrons. The second kappa shape index (κ2) is 2.86. The lowest BCUT2D eigenvalue weighted by atomic mass is 9.89. The molecule has 0 aromatic rings. The molecule has 0 saturated heterocycles. The minimum Gasteiger partial charge on any atom is -0.385 e. The third kappa shape index (κ3) is 1.68. The third-order valence-electron chi connectivity index (χ3n) is 1.58. The highest BCUT2D eigenvalue weighted by Gasteiger charge is 2.40. The molecule has 0 spiro atoms. The van der Waals surface area contributed by atoms with E-state index in [1.807, 2.05) is 0 Å². The number of rotatable bonds is 3. The lowest BCUT2D eigenvalue weighted by Crippen LogP contribution is -2.52. The van der Waals surface area contributed by atoms with E-state index in [2.05, 4.69) is 0 Å². The molecule has 0 amide bonds. The Bertz CT molecular complexity index is 131. The number of hydrogen-bond acceptors (Lipinski definition) is 3. The summed E-state index contributed by atoms with van der Waals surface area (Å²) >= 11 is 5.29. The Balaban J connectivity index is 4.43. The summed E-state index contributed by atoms with van der Waals surface area (Å²) in [4.78, 5) is 10.2. The van der Waals surface area contributed by atoms with Crippen LogP contribution in [0.25, 0.3) is 0 Å². The maximum Gasteiger partial charge on any atom is 0.154 e. The Morgan fingerprint density at radius 2 is 1.90 bits per heavy atom. The minimum atomic E-state index is -1.77. The van der Waals surface area contributed by atoms with E-state index < -0.39 is 11.2 Å². The summed E-state index contributed by atoms with van der Waals surface area (Å²) in [5, 5.41) is 18.4. The smallest absolute Gasteiger partial charge is 0.154 e. The van der Waals surface area contributed by atoms with Crippen LogP contribution in [-0.4, -0.2) is 33.6 Å².